The van der Waals surface area contributed by atoms with Crippen LogP contribution >= 0.6 is 22.6 Å². The molecule has 0 spiro atoms. The van der Waals surface area contributed by atoms with Crippen molar-refractivity contribution in [2.45, 2.75) is 59.3 Å². The molecule has 0 saturated carbocycles. The number of halogens is 1. The maximum Gasteiger partial charge on any atom is 0.320 e. The van der Waals surface area contributed by atoms with E-state index in [0.717, 1.165) is 9.13 Å². The smallest absolute Gasteiger partial charge is 0.320 e. The zero-order valence-electron chi connectivity index (χ0n) is 16.8. The summed E-state index contributed by atoms with van der Waals surface area (Å²) in [5.74, 6) is -0.815. The first-order valence-corrected chi connectivity index (χ1v) is 9.71. The average molecular weight is 486 g/mol. The Morgan fingerprint density at radius 2 is 1.52 bits per heavy atom. The predicted octanol–water partition coefficient (Wildman–Crippen LogP) is 3.65. The first-order chi connectivity index (χ1) is 12.3. The third kappa shape index (κ3) is 9.73. The van der Waals surface area contributed by atoms with E-state index >= 15 is 0 Å². The minimum Gasteiger partial charge on any atom is -0.459 e. The highest BCUT2D eigenvalue weighted by Crippen LogP contribution is 2.17. The Kier molecular flexibility index (Phi) is 8.23. The van der Waals surface area contributed by atoms with Crippen molar-refractivity contribution >= 4 is 34.5 Å². The number of ether oxygens (including phenoxy) is 2. The number of nitriles is 1. The molecule has 6 nitrogen and oxygen atoms in total. The van der Waals surface area contributed by atoms with E-state index in [2.05, 4.69) is 28.7 Å². The molecule has 0 atom stereocenters. The maximum atomic E-state index is 12.3. The molecule has 0 aliphatic rings. The van der Waals surface area contributed by atoms with Gasteiger partial charge in [-0.25, -0.2) is 0 Å². The third-order valence-electron chi connectivity index (χ3n) is 3.12. The fraction of sp³-hybridized carbons (Fsp3) is 0.550. The molecule has 7 heteroatoms. The van der Waals surface area contributed by atoms with Gasteiger partial charge in [0.05, 0.1) is 24.7 Å². The molecule has 1 aromatic carbocycles. The van der Waals surface area contributed by atoms with Gasteiger partial charge in [-0.2, -0.15) is 5.26 Å². The van der Waals surface area contributed by atoms with Crippen molar-refractivity contribution in [2.75, 3.05) is 13.1 Å². The van der Waals surface area contributed by atoms with E-state index in [9.17, 15) is 9.59 Å². The second kappa shape index (κ2) is 9.51. The molecule has 0 bridgehead atoms. The van der Waals surface area contributed by atoms with Gasteiger partial charge in [0.25, 0.3) is 0 Å². The average Bonchev–Trinajstić information content (AvgIpc) is 2.44. The summed E-state index contributed by atoms with van der Waals surface area (Å²) < 4.78 is 11.6. The molecule has 27 heavy (non-hydrogen) atoms. The largest absolute Gasteiger partial charge is 0.459 e. The van der Waals surface area contributed by atoms with E-state index < -0.39 is 23.1 Å². The van der Waals surface area contributed by atoms with Gasteiger partial charge in [-0.1, -0.05) is 6.07 Å². The Hall–Kier alpha value is -1.66. The molecule has 0 aliphatic carbocycles. The van der Waals surface area contributed by atoms with Crippen LogP contribution in [-0.2, 0) is 25.6 Å². The first kappa shape index (κ1) is 23.4. The van der Waals surface area contributed by atoms with Gasteiger partial charge in [0.2, 0.25) is 0 Å². The van der Waals surface area contributed by atoms with Crippen molar-refractivity contribution in [3.63, 3.8) is 0 Å². The zero-order chi connectivity index (χ0) is 20.8. The molecule has 0 fully saturated rings. The highest BCUT2D eigenvalue weighted by Gasteiger charge is 2.24. The molecule has 0 N–H and O–H groups in total. The van der Waals surface area contributed by atoms with Crippen LogP contribution in [0.4, 0.5) is 0 Å². The van der Waals surface area contributed by atoms with Crippen molar-refractivity contribution in [3.8, 4) is 6.07 Å². The summed E-state index contributed by atoms with van der Waals surface area (Å²) in [4.78, 5) is 26.2. The number of nitrogens with zero attached hydrogens (tertiary/aromatic N) is 2. The van der Waals surface area contributed by atoms with Crippen molar-refractivity contribution in [1.82, 2.24) is 4.90 Å². The van der Waals surface area contributed by atoms with Gasteiger partial charge in [0, 0.05) is 10.1 Å². The SMILES string of the molecule is CC(C)(C)OC(=O)CN(CC(=O)OC(C)(C)C)Cc1ccc(C#N)cc1I. The van der Waals surface area contributed by atoms with Crippen LogP contribution in [0.5, 0.6) is 0 Å². The van der Waals surface area contributed by atoms with Gasteiger partial charge in [-0.15, -0.1) is 0 Å². The lowest BCUT2D eigenvalue weighted by Crippen LogP contribution is -2.39. The van der Waals surface area contributed by atoms with E-state index in [1.165, 1.54) is 0 Å². The van der Waals surface area contributed by atoms with Crippen molar-refractivity contribution in [3.05, 3.63) is 32.9 Å². The second-order valence-electron chi connectivity index (χ2n) is 8.24. The quantitative estimate of drug-likeness (QED) is 0.451. The summed E-state index contributed by atoms with van der Waals surface area (Å²) in [7, 11) is 0. The second-order valence-corrected chi connectivity index (χ2v) is 9.40. The van der Waals surface area contributed by atoms with Crippen LogP contribution in [0.1, 0.15) is 52.7 Å². The Bertz CT molecular complexity index is 697. The monoisotopic (exact) mass is 486 g/mol. The van der Waals surface area contributed by atoms with E-state index in [1.807, 2.05) is 6.07 Å². The number of hydrogen-bond acceptors (Lipinski definition) is 6. The Morgan fingerprint density at radius 3 is 1.89 bits per heavy atom. The summed E-state index contributed by atoms with van der Waals surface area (Å²) in [5, 5.41) is 9.00. The molecule has 0 aromatic heterocycles. The summed E-state index contributed by atoms with van der Waals surface area (Å²) in [6.45, 7) is 11.1. The molecule has 148 valence electrons. The highest BCUT2D eigenvalue weighted by atomic mass is 127. The maximum absolute atomic E-state index is 12.3. The molecule has 0 aliphatic heterocycles. The molecule has 0 heterocycles. The molecule has 1 aromatic rings. The lowest BCUT2D eigenvalue weighted by molar-refractivity contribution is -0.160. The highest BCUT2D eigenvalue weighted by molar-refractivity contribution is 14.1. The number of carbonyl (C=O) groups is 2. The molecule has 0 radical (unpaired) electrons. The van der Waals surface area contributed by atoms with E-state index in [-0.39, 0.29) is 13.1 Å². The van der Waals surface area contributed by atoms with Crippen LogP contribution in [-0.4, -0.2) is 41.1 Å². The van der Waals surface area contributed by atoms with Crippen molar-refractivity contribution < 1.29 is 19.1 Å². The molecule has 1 rings (SSSR count). The van der Waals surface area contributed by atoms with Crippen molar-refractivity contribution in [2.24, 2.45) is 0 Å². The third-order valence-corrected chi connectivity index (χ3v) is 4.13. The van der Waals surface area contributed by atoms with Gasteiger partial charge >= 0.3 is 11.9 Å². The minimum absolute atomic E-state index is 0.0351. The summed E-state index contributed by atoms with van der Waals surface area (Å²) >= 11 is 2.14. The van der Waals surface area contributed by atoms with Gasteiger partial charge < -0.3 is 9.47 Å². The van der Waals surface area contributed by atoms with Crippen LogP contribution in [0.25, 0.3) is 0 Å². The summed E-state index contributed by atoms with van der Waals surface area (Å²) in [6.07, 6.45) is 0. The number of carbonyl (C=O) groups excluding carboxylic acids is 2. The Morgan fingerprint density at radius 1 is 1.04 bits per heavy atom. The summed E-state index contributed by atoms with van der Waals surface area (Å²) in [5.41, 5.74) is 0.283. The summed E-state index contributed by atoms with van der Waals surface area (Å²) in [6, 6.07) is 7.42. The van der Waals surface area contributed by atoms with E-state index in [4.69, 9.17) is 14.7 Å². The van der Waals surface area contributed by atoms with Crippen LogP contribution in [0, 0.1) is 14.9 Å². The Labute approximate surface area is 175 Å². The first-order valence-electron chi connectivity index (χ1n) is 8.63. The number of esters is 2. The number of rotatable bonds is 6. The number of hydrogen-bond donors (Lipinski definition) is 0. The van der Waals surface area contributed by atoms with Crippen LogP contribution in [0.15, 0.2) is 18.2 Å². The van der Waals surface area contributed by atoms with Crippen LogP contribution < -0.4 is 0 Å². The van der Waals surface area contributed by atoms with E-state index in [1.54, 1.807) is 58.6 Å². The zero-order valence-corrected chi connectivity index (χ0v) is 18.9. The van der Waals surface area contributed by atoms with Gasteiger partial charge in [0.15, 0.2) is 0 Å². The minimum atomic E-state index is -0.600. The van der Waals surface area contributed by atoms with Crippen LogP contribution in [0.2, 0.25) is 0 Å². The lowest BCUT2D eigenvalue weighted by atomic mass is 10.1. The topological polar surface area (TPSA) is 79.6 Å². The molecule has 0 unspecified atom stereocenters. The molecular weight excluding hydrogens is 459 g/mol. The van der Waals surface area contributed by atoms with Gasteiger partial charge in [-0.3, -0.25) is 14.5 Å². The van der Waals surface area contributed by atoms with Gasteiger partial charge in [0.1, 0.15) is 11.2 Å². The predicted molar refractivity (Wildman–Crippen MR) is 111 cm³/mol. The number of benzene rings is 1. The normalized spacial score (nSPS) is 11.8. The van der Waals surface area contributed by atoms with E-state index in [0.29, 0.717) is 12.1 Å². The van der Waals surface area contributed by atoms with Crippen LogP contribution in [0.3, 0.4) is 0 Å². The lowest BCUT2D eigenvalue weighted by Gasteiger charge is -2.26. The van der Waals surface area contributed by atoms with Crippen molar-refractivity contribution in [1.29, 1.82) is 5.26 Å². The Balaban J connectivity index is 2.94. The standard InChI is InChI=1S/C20H27IN2O4/c1-19(2,3)26-17(24)12-23(13-18(25)27-20(4,5)6)11-15-8-7-14(10-22)9-16(15)21/h7-9H,11-13H2,1-6H3. The fourth-order valence-electron chi connectivity index (χ4n) is 2.27. The molecule has 0 amide bonds. The van der Waals surface area contributed by atoms with Gasteiger partial charge in [-0.05, 0) is 81.8 Å². The molecule has 0 saturated heterocycles. The molecular formula is C20H27IN2O4. The fourth-order valence-corrected chi connectivity index (χ4v) is 2.95.